The van der Waals surface area contributed by atoms with E-state index in [9.17, 15) is 4.79 Å². The van der Waals surface area contributed by atoms with Crippen molar-refractivity contribution in [2.75, 3.05) is 13.2 Å². The smallest absolute Gasteiger partial charge is 0.169 e. The van der Waals surface area contributed by atoms with Crippen molar-refractivity contribution in [3.63, 3.8) is 0 Å². The molecule has 1 aromatic heterocycles. The molecular formula is C12H16O3. The first-order valence-electron chi connectivity index (χ1n) is 5.51. The van der Waals surface area contributed by atoms with Crippen molar-refractivity contribution >= 4 is 5.78 Å². The molecule has 0 unspecified atom stereocenters. The molecule has 0 spiro atoms. The van der Waals surface area contributed by atoms with Gasteiger partial charge in [0.2, 0.25) is 0 Å². The van der Waals surface area contributed by atoms with Crippen molar-refractivity contribution in [1.29, 1.82) is 0 Å². The number of rotatable bonds is 3. The van der Waals surface area contributed by atoms with Gasteiger partial charge in [0.05, 0.1) is 11.8 Å². The first-order chi connectivity index (χ1) is 7.33. The molecule has 3 nitrogen and oxygen atoms in total. The van der Waals surface area contributed by atoms with Gasteiger partial charge in [0, 0.05) is 25.6 Å². The monoisotopic (exact) mass is 208 g/mol. The lowest BCUT2D eigenvalue weighted by atomic mass is 9.91. The quantitative estimate of drug-likeness (QED) is 0.716. The van der Waals surface area contributed by atoms with E-state index < -0.39 is 0 Å². The highest BCUT2D eigenvalue weighted by Gasteiger charge is 2.25. The summed E-state index contributed by atoms with van der Waals surface area (Å²) >= 11 is 0. The molecule has 1 aromatic rings. The van der Waals surface area contributed by atoms with Gasteiger partial charge in [0.15, 0.2) is 5.78 Å². The third-order valence-corrected chi connectivity index (χ3v) is 2.92. The van der Waals surface area contributed by atoms with Crippen molar-refractivity contribution in [3.8, 4) is 0 Å². The van der Waals surface area contributed by atoms with Gasteiger partial charge in [-0.3, -0.25) is 4.79 Å². The summed E-state index contributed by atoms with van der Waals surface area (Å²) in [4.78, 5) is 12.1. The Hall–Kier alpha value is -1.09. The van der Waals surface area contributed by atoms with E-state index in [-0.39, 0.29) is 11.7 Å². The standard InChI is InChI=1S/C12H16O3/c1-2-11-10(5-8-15-11)12(13)9-3-6-14-7-4-9/h5,8-9H,2-4,6-7H2,1H3. The first kappa shape index (κ1) is 10.4. The van der Waals surface area contributed by atoms with Gasteiger partial charge in [0.1, 0.15) is 5.76 Å². The molecule has 2 heterocycles. The predicted molar refractivity (Wildman–Crippen MR) is 56.0 cm³/mol. The molecule has 0 atom stereocenters. The van der Waals surface area contributed by atoms with Crippen molar-refractivity contribution in [3.05, 3.63) is 23.7 Å². The van der Waals surface area contributed by atoms with Crippen LogP contribution in [0.2, 0.25) is 0 Å². The maximum absolute atomic E-state index is 12.1. The summed E-state index contributed by atoms with van der Waals surface area (Å²) in [5, 5.41) is 0. The number of hydrogen-bond donors (Lipinski definition) is 0. The summed E-state index contributed by atoms with van der Waals surface area (Å²) in [6.07, 6.45) is 4.06. The zero-order chi connectivity index (χ0) is 10.7. The number of carbonyl (C=O) groups excluding carboxylic acids is 1. The first-order valence-corrected chi connectivity index (χ1v) is 5.51. The van der Waals surface area contributed by atoms with Crippen molar-refractivity contribution < 1.29 is 13.9 Å². The molecule has 3 heteroatoms. The highest BCUT2D eigenvalue weighted by molar-refractivity contribution is 5.98. The second-order valence-electron chi connectivity index (χ2n) is 3.86. The molecule has 0 amide bonds. The lowest BCUT2D eigenvalue weighted by Crippen LogP contribution is -2.23. The normalized spacial score (nSPS) is 17.9. The summed E-state index contributed by atoms with van der Waals surface area (Å²) < 4.78 is 10.5. The molecule has 1 aliphatic rings. The highest BCUT2D eigenvalue weighted by Crippen LogP contribution is 2.23. The molecule has 0 N–H and O–H groups in total. The number of aryl methyl sites for hydroxylation is 1. The van der Waals surface area contributed by atoms with Gasteiger partial charge in [-0.15, -0.1) is 0 Å². The van der Waals surface area contributed by atoms with Crippen LogP contribution in [0.1, 0.15) is 35.9 Å². The number of ether oxygens (including phenoxy) is 1. The largest absolute Gasteiger partial charge is 0.469 e. The van der Waals surface area contributed by atoms with E-state index in [0.29, 0.717) is 13.2 Å². The average molecular weight is 208 g/mol. The van der Waals surface area contributed by atoms with Gasteiger partial charge in [0.25, 0.3) is 0 Å². The Kier molecular flexibility index (Phi) is 3.21. The molecule has 1 saturated heterocycles. The predicted octanol–water partition coefficient (Wildman–Crippen LogP) is 2.45. The maximum Gasteiger partial charge on any atom is 0.169 e. The summed E-state index contributed by atoms with van der Waals surface area (Å²) in [5.41, 5.74) is 0.768. The van der Waals surface area contributed by atoms with E-state index in [2.05, 4.69) is 0 Å². The summed E-state index contributed by atoms with van der Waals surface area (Å²) in [7, 11) is 0. The Balaban J connectivity index is 2.12. The van der Waals surface area contributed by atoms with Crippen LogP contribution in [0.4, 0.5) is 0 Å². The summed E-state index contributed by atoms with van der Waals surface area (Å²) in [6, 6.07) is 1.79. The molecule has 2 rings (SSSR count). The zero-order valence-corrected chi connectivity index (χ0v) is 8.99. The van der Waals surface area contributed by atoms with Crippen molar-refractivity contribution in [2.24, 2.45) is 5.92 Å². The molecule has 1 aliphatic heterocycles. The number of hydrogen-bond acceptors (Lipinski definition) is 3. The number of furan rings is 1. The topological polar surface area (TPSA) is 39.4 Å². The van der Waals surface area contributed by atoms with Gasteiger partial charge >= 0.3 is 0 Å². The van der Waals surface area contributed by atoms with E-state index in [1.165, 1.54) is 0 Å². The third kappa shape index (κ3) is 2.12. The highest BCUT2D eigenvalue weighted by atomic mass is 16.5. The molecule has 0 radical (unpaired) electrons. The average Bonchev–Trinajstić information content (AvgIpc) is 2.77. The summed E-state index contributed by atoms with van der Waals surface area (Å²) in [6.45, 7) is 3.41. The van der Waals surface area contributed by atoms with Crippen LogP contribution in [0.15, 0.2) is 16.7 Å². The van der Waals surface area contributed by atoms with E-state index in [1.807, 2.05) is 6.92 Å². The van der Waals surface area contributed by atoms with E-state index in [1.54, 1.807) is 12.3 Å². The second kappa shape index (κ2) is 4.62. The Bertz CT molecular complexity index is 334. The minimum atomic E-state index is 0.127. The van der Waals surface area contributed by atoms with E-state index >= 15 is 0 Å². The number of Topliss-reactive ketones (excluding diaryl/α,β-unsaturated/α-hetero) is 1. The molecule has 0 aromatic carbocycles. The fourth-order valence-corrected chi connectivity index (χ4v) is 2.01. The maximum atomic E-state index is 12.1. The lowest BCUT2D eigenvalue weighted by Gasteiger charge is -2.20. The molecule has 15 heavy (non-hydrogen) atoms. The minimum Gasteiger partial charge on any atom is -0.469 e. The molecular weight excluding hydrogens is 192 g/mol. The SMILES string of the molecule is CCc1occc1C(=O)C1CCOCC1. The van der Waals surface area contributed by atoms with Crippen LogP contribution < -0.4 is 0 Å². The Labute approximate surface area is 89.4 Å². The lowest BCUT2D eigenvalue weighted by molar-refractivity contribution is 0.0543. The van der Waals surface area contributed by atoms with E-state index in [0.717, 1.165) is 30.6 Å². The fraction of sp³-hybridized carbons (Fsp3) is 0.583. The van der Waals surface area contributed by atoms with Crippen LogP contribution >= 0.6 is 0 Å². The second-order valence-corrected chi connectivity index (χ2v) is 3.86. The van der Waals surface area contributed by atoms with Crippen LogP contribution in [-0.4, -0.2) is 19.0 Å². The molecule has 82 valence electrons. The van der Waals surface area contributed by atoms with Crippen LogP contribution in [0.3, 0.4) is 0 Å². The van der Waals surface area contributed by atoms with Crippen LogP contribution in [0, 0.1) is 5.92 Å². The Morgan fingerprint density at radius 1 is 1.47 bits per heavy atom. The zero-order valence-electron chi connectivity index (χ0n) is 8.99. The van der Waals surface area contributed by atoms with Gasteiger partial charge < -0.3 is 9.15 Å². The van der Waals surface area contributed by atoms with Crippen LogP contribution in [0.25, 0.3) is 0 Å². The molecule has 0 aliphatic carbocycles. The third-order valence-electron chi connectivity index (χ3n) is 2.92. The number of carbonyl (C=O) groups is 1. The van der Waals surface area contributed by atoms with Crippen LogP contribution in [0.5, 0.6) is 0 Å². The Morgan fingerprint density at radius 2 is 2.20 bits per heavy atom. The van der Waals surface area contributed by atoms with Gasteiger partial charge in [-0.2, -0.15) is 0 Å². The fourth-order valence-electron chi connectivity index (χ4n) is 2.01. The number of ketones is 1. The minimum absolute atomic E-state index is 0.127. The van der Waals surface area contributed by atoms with Crippen molar-refractivity contribution in [1.82, 2.24) is 0 Å². The van der Waals surface area contributed by atoms with Gasteiger partial charge in [-0.25, -0.2) is 0 Å². The van der Waals surface area contributed by atoms with Gasteiger partial charge in [-0.1, -0.05) is 6.92 Å². The van der Waals surface area contributed by atoms with Crippen molar-refractivity contribution in [2.45, 2.75) is 26.2 Å². The van der Waals surface area contributed by atoms with Gasteiger partial charge in [-0.05, 0) is 18.9 Å². The molecule has 1 fully saturated rings. The molecule has 0 bridgehead atoms. The van der Waals surface area contributed by atoms with Crippen LogP contribution in [-0.2, 0) is 11.2 Å². The molecule has 0 saturated carbocycles. The summed E-state index contributed by atoms with van der Waals surface area (Å²) in [5.74, 6) is 1.16. The Morgan fingerprint density at radius 3 is 2.87 bits per heavy atom. The van der Waals surface area contributed by atoms with E-state index in [4.69, 9.17) is 9.15 Å².